The first-order valence-electron chi connectivity index (χ1n) is 15.7. The van der Waals surface area contributed by atoms with E-state index in [9.17, 15) is 19.7 Å². The summed E-state index contributed by atoms with van der Waals surface area (Å²) in [6.07, 6.45) is 7.99. The number of rotatable bonds is 7. The van der Waals surface area contributed by atoms with E-state index in [0.29, 0.717) is 24.8 Å². The summed E-state index contributed by atoms with van der Waals surface area (Å²) < 4.78 is 13.2. The van der Waals surface area contributed by atoms with Gasteiger partial charge in [0.1, 0.15) is 5.82 Å². The second-order valence-corrected chi connectivity index (χ2v) is 15.6. The fraction of sp³-hybridized carbons (Fsp3) is 0.824. The average molecular weight is 544 g/mol. The molecule has 0 heterocycles. The van der Waals surface area contributed by atoms with Crippen LogP contribution < -0.4 is 5.32 Å². The lowest BCUT2D eigenvalue weighted by molar-refractivity contribution is -0.246. The molecule has 4 aliphatic rings. The van der Waals surface area contributed by atoms with Crippen molar-refractivity contribution in [2.75, 3.05) is 6.54 Å². The molecule has 0 aliphatic heterocycles. The van der Waals surface area contributed by atoms with Crippen LogP contribution in [0.2, 0.25) is 0 Å². The minimum atomic E-state index is -0.817. The van der Waals surface area contributed by atoms with Gasteiger partial charge in [0.25, 0.3) is 0 Å². The van der Waals surface area contributed by atoms with Gasteiger partial charge in [0, 0.05) is 6.54 Å². The first kappa shape index (κ1) is 29.5. The average Bonchev–Trinajstić information content (AvgIpc) is 3.25. The summed E-state index contributed by atoms with van der Waals surface area (Å²) in [6.45, 7) is 15.5. The summed E-state index contributed by atoms with van der Waals surface area (Å²) in [5, 5.41) is 38.1. The minimum absolute atomic E-state index is 0.000983. The first-order chi connectivity index (χ1) is 18.2. The van der Waals surface area contributed by atoms with E-state index in [1.165, 1.54) is 12.1 Å². The van der Waals surface area contributed by atoms with Crippen molar-refractivity contribution >= 4 is 0 Å². The standard InChI is InChI=1S/C34H54FNO3/c1-30(2)26-13-18-32(4)27(31(26,3)16-14-28(30)38)20-25(37)29-24(12-17-33(29,32)5)34(6,39)15-7-19-36-21-22-8-10-23(35)11-9-22/h8-11,24-29,36-39H,7,12-21H2,1-6H3/t24-,25+,26?,27?,28-,29?,31-,32+,33+,34-/m0/s1. The Balaban J connectivity index is 1.28. The van der Waals surface area contributed by atoms with Crippen molar-refractivity contribution < 1.29 is 19.7 Å². The summed E-state index contributed by atoms with van der Waals surface area (Å²) in [7, 11) is 0. The topological polar surface area (TPSA) is 72.7 Å². The van der Waals surface area contributed by atoms with Gasteiger partial charge < -0.3 is 20.6 Å². The van der Waals surface area contributed by atoms with E-state index >= 15 is 0 Å². The summed E-state index contributed by atoms with van der Waals surface area (Å²) in [6, 6.07) is 6.59. The van der Waals surface area contributed by atoms with Crippen LogP contribution in [-0.2, 0) is 6.54 Å². The lowest BCUT2D eigenvalue weighted by atomic mass is 9.35. The van der Waals surface area contributed by atoms with Gasteiger partial charge in [-0.1, -0.05) is 46.8 Å². The SMILES string of the molecule is CC1(C)C2CC[C@]3(C)C(C[C@@H](O)C4[C@@H]([C@@](C)(O)CCCNCc5ccc(F)cc5)CC[C@]43C)[C@@]2(C)CC[C@@H]1O. The molecule has 5 heteroatoms. The van der Waals surface area contributed by atoms with E-state index in [0.717, 1.165) is 63.5 Å². The van der Waals surface area contributed by atoms with E-state index in [4.69, 9.17) is 0 Å². The van der Waals surface area contributed by atoms with Gasteiger partial charge in [-0.3, -0.25) is 0 Å². The number of hydrogen-bond acceptors (Lipinski definition) is 4. The van der Waals surface area contributed by atoms with E-state index in [2.05, 4.69) is 39.9 Å². The Labute approximate surface area is 236 Å². The van der Waals surface area contributed by atoms with E-state index < -0.39 is 11.7 Å². The molecule has 0 amide bonds. The van der Waals surface area contributed by atoms with Crippen LogP contribution in [0.5, 0.6) is 0 Å². The maximum atomic E-state index is 13.2. The zero-order chi connectivity index (χ0) is 28.4. The molecule has 0 radical (unpaired) electrons. The quantitative estimate of drug-likeness (QED) is 0.298. The molecule has 4 saturated carbocycles. The number of fused-ring (bicyclic) bond motifs is 5. The van der Waals surface area contributed by atoms with Gasteiger partial charge in [-0.25, -0.2) is 4.39 Å². The molecule has 0 bridgehead atoms. The second kappa shape index (κ2) is 10.1. The van der Waals surface area contributed by atoms with Gasteiger partial charge in [0.15, 0.2) is 0 Å². The van der Waals surface area contributed by atoms with E-state index in [1.54, 1.807) is 12.1 Å². The van der Waals surface area contributed by atoms with Crippen LogP contribution in [0.3, 0.4) is 0 Å². The predicted octanol–water partition coefficient (Wildman–Crippen LogP) is 6.46. The highest BCUT2D eigenvalue weighted by molar-refractivity contribution is 5.20. The smallest absolute Gasteiger partial charge is 0.123 e. The molecule has 1 aromatic carbocycles. The molecule has 3 unspecified atom stereocenters. The number of hydrogen-bond donors (Lipinski definition) is 4. The molecule has 0 spiro atoms. The number of halogens is 1. The third-order valence-corrected chi connectivity index (χ3v) is 13.4. The lowest BCUT2D eigenvalue weighted by Gasteiger charge is -2.70. The van der Waals surface area contributed by atoms with Gasteiger partial charge in [0.2, 0.25) is 0 Å². The number of benzene rings is 1. The Hall–Kier alpha value is -1.01. The fourth-order valence-electron chi connectivity index (χ4n) is 11.0. The van der Waals surface area contributed by atoms with Crippen LogP contribution in [0.1, 0.15) is 105 Å². The molecule has 220 valence electrons. The van der Waals surface area contributed by atoms with E-state index in [-0.39, 0.29) is 45.4 Å². The highest BCUT2D eigenvalue weighted by Gasteiger charge is 2.71. The van der Waals surface area contributed by atoms with Gasteiger partial charge in [0.05, 0.1) is 17.8 Å². The lowest BCUT2D eigenvalue weighted by Crippen LogP contribution is -2.66. The third kappa shape index (κ3) is 4.62. The van der Waals surface area contributed by atoms with Crippen molar-refractivity contribution in [3.8, 4) is 0 Å². The molecule has 4 nitrogen and oxygen atoms in total. The van der Waals surface area contributed by atoms with Crippen LogP contribution in [0.25, 0.3) is 0 Å². The first-order valence-corrected chi connectivity index (χ1v) is 15.7. The summed E-state index contributed by atoms with van der Waals surface area (Å²) in [4.78, 5) is 0. The van der Waals surface area contributed by atoms with Crippen LogP contribution in [0.4, 0.5) is 4.39 Å². The summed E-state index contributed by atoms with van der Waals surface area (Å²) in [5.74, 6) is 0.908. The van der Waals surface area contributed by atoms with Crippen LogP contribution >= 0.6 is 0 Å². The highest BCUT2D eigenvalue weighted by atomic mass is 19.1. The largest absolute Gasteiger partial charge is 0.393 e. The van der Waals surface area contributed by atoms with Gasteiger partial charge in [-0.05, 0) is 134 Å². The van der Waals surface area contributed by atoms with Crippen molar-refractivity contribution in [1.82, 2.24) is 5.32 Å². The van der Waals surface area contributed by atoms with Crippen molar-refractivity contribution in [3.05, 3.63) is 35.6 Å². The van der Waals surface area contributed by atoms with Crippen LogP contribution in [0, 0.1) is 51.1 Å². The zero-order valence-electron chi connectivity index (χ0n) is 25.3. The summed E-state index contributed by atoms with van der Waals surface area (Å²) in [5.41, 5.74) is 0.399. The molecule has 1 aromatic rings. The number of aliphatic hydroxyl groups is 3. The summed E-state index contributed by atoms with van der Waals surface area (Å²) >= 11 is 0. The molecular formula is C34H54FNO3. The normalized spacial score (nSPS) is 44.7. The Kier molecular flexibility index (Phi) is 7.61. The Morgan fingerprint density at radius 2 is 1.59 bits per heavy atom. The second-order valence-electron chi connectivity index (χ2n) is 15.6. The minimum Gasteiger partial charge on any atom is -0.393 e. The van der Waals surface area contributed by atoms with Crippen LogP contribution in [-0.4, -0.2) is 39.7 Å². The van der Waals surface area contributed by atoms with Crippen molar-refractivity contribution in [2.24, 2.45) is 45.3 Å². The monoisotopic (exact) mass is 543 g/mol. The molecule has 0 saturated heterocycles. The number of nitrogens with one attached hydrogen (secondary N) is 1. The van der Waals surface area contributed by atoms with Gasteiger partial charge in [-0.2, -0.15) is 0 Å². The predicted molar refractivity (Wildman–Crippen MR) is 154 cm³/mol. The molecule has 4 aliphatic carbocycles. The Morgan fingerprint density at radius 1 is 0.923 bits per heavy atom. The van der Waals surface area contributed by atoms with E-state index in [1.807, 2.05) is 6.92 Å². The Morgan fingerprint density at radius 3 is 2.28 bits per heavy atom. The molecule has 4 N–H and O–H groups in total. The fourth-order valence-corrected chi connectivity index (χ4v) is 11.0. The molecule has 39 heavy (non-hydrogen) atoms. The highest BCUT2D eigenvalue weighted by Crippen LogP contribution is 2.75. The van der Waals surface area contributed by atoms with Gasteiger partial charge in [-0.15, -0.1) is 0 Å². The maximum absolute atomic E-state index is 13.2. The van der Waals surface area contributed by atoms with Crippen molar-refractivity contribution in [1.29, 1.82) is 0 Å². The number of aliphatic hydroxyl groups excluding tert-OH is 2. The molecule has 0 aromatic heterocycles. The van der Waals surface area contributed by atoms with Crippen LogP contribution in [0.15, 0.2) is 24.3 Å². The zero-order valence-corrected chi connectivity index (χ0v) is 25.3. The molecule has 5 rings (SSSR count). The Bertz CT molecular complexity index is 1030. The molecular weight excluding hydrogens is 489 g/mol. The van der Waals surface area contributed by atoms with Crippen molar-refractivity contribution in [3.63, 3.8) is 0 Å². The van der Waals surface area contributed by atoms with Crippen molar-refractivity contribution in [2.45, 2.75) is 124 Å². The maximum Gasteiger partial charge on any atom is 0.123 e. The van der Waals surface area contributed by atoms with Gasteiger partial charge >= 0.3 is 0 Å². The third-order valence-electron chi connectivity index (χ3n) is 13.4. The molecule has 4 fully saturated rings. The molecule has 10 atom stereocenters.